The Kier molecular flexibility index (Phi) is 4.38. The molecule has 1 aromatic heterocycles. The average Bonchev–Trinajstić information content (AvgIpc) is 3.03. The summed E-state index contributed by atoms with van der Waals surface area (Å²) in [6.07, 6.45) is 2.65. The van der Waals surface area contributed by atoms with Gasteiger partial charge >= 0.3 is 0 Å². The van der Waals surface area contributed by atoms with Crippen molar-refractivity contribution in [3.63, 3.8) is 0 Å². The molecule has 1 N–H and O–H groups in total. The van der Waals surface area contributed by atoms with Gasteiger partial charge in [-0.05, 0) is 50.5 Å². The van der Waals surface area contributed by atoms with Crippen LogP contribution in [0.5, 0.6) is 0 Å². The van der Waals surface area contributed by atoms with Crippen LogP contribution in [0.4, 0.5) is 4.39 Å². The molecular formula is C16H18FN3O3. The Balaban J connectivity index is 1.61. The van der Waals surface area contributed by atoms with E-state index in [-0.39, 0.29) is 24.2 Å². The molecule has 0 radical (unpaired) electrons. The molecule has 2 aromatic rings. The molecule has 0 unspecified atom stereocenters. The largest absolute Gasteiger partial charge is 0.365 e. The summed E-state index contributed by atoms with van der Waals surface area (Å²) in [5.41, 5.74) is -0.145. The Hall–Kier alpha value is -2.28. The molecule has 2 heterocycles. The van der Waals surface area contributed by atoms with Gasteiger partial charge in [-0.3, -0.25) is 4.79 Å². The van der Waals surface area contributed by atoms with Gasteiger partial charge in [0.05, 0.1) is 6.54 Å². The average molecular weight is 319 g/mol. The molecule has 0 saturated carbocycles. The maximum absolute atomic E-state index is 12.9. The minimum absolute atomic E-state index is 0.131. The maximum atomic E-state index is 12.9. The number of nitrogens with zero attached hydrogens (tertiary/aromatic N) is 2. The van der Waals surface area contributed by atoms with Gasteiger partial charge < -0.3 is 14.6 Å². The van der Waals surface area contributed by atoms with Gasteiger partial charge in [0, 0.05) is 12.2 Å². The Morgan fingerprint density at radius 3 is 2.83 bits per heavy atom. The van der Waals surface area contributed by atoms with Crippen molar-refractivity contribution in [2.75, 3.05) is 6.61 Å². The molecule has 6 nitrogen and oxygen atoms in total. The number of hydrogen-bond acceptors (Lipinski definition) is 5. The SMILES string of the molecule is C[C@@]1(C(=O)NCc2nc(-c3ccc(F)cc3)no2)CCCCO1. The zero-order valence-electron chi connectivity index (χ0n) is 12.8. The van der Waals surface area contributed by atoms with Crippen LogP contribution in [0, 0.1) is 5.82 Å². The van der Waals surface area contributed by atoms with Crippen molar-refractivity contribution in [3.8, 4) is 11.4 Å². The monoisotopic (exact) mass is 319 g/mol. The molecule has 0 spiro atoms. The van der Waals surface area contributed by atoms with E-state index >= 15 is 0 Å². The van der Waals surface area contributed by atoms with Gasteiger partial charge in [0.25, 0.3) is 5.91 Å². The number of ether oxygens (including phenoxy) is 1. The van der Waals surface area contributed by atoms with Crippen LogP contribution >= 0.6 is 0 Å². The third-order valence-electron chi connectivity index (χ3n) is 3.92. The highest BCUT2D eigenvalue weighted by molar-refractivity contribution is 5.84. The van der Waals surface area contributed by atoms with Crippen LogP contribution in [-0.2, 0) is 16.1 Å². The molecule has 1 aromatic carbocycles. The van der Waals surface area contributed by atoms with E-state index in [2.05, 4.69) is 15.5 Å². The molecular weight excluding hydrogens is 301 g/mol. The number of halogens is 1. The standard InChI is InChI=1S/C16H18FN3O3/c1-16(8-2-3-9-22-16)15(21)18-10-13-19-14(20-23-13)11-4-6-12(17)7-5-11/h4-7H,2-3,8-10H2,1H3,(H,18,21)/t16-/m0/s1. The molecule has 1 fully saturated rings. The first kappa shape index (κ1) is 15.6. The smallest absolute Gasteiger partial charge is 0.252 e. The summed E-state index contributed by atoms with van der Waals surface area (Å²) in [6, 6.07) is 5.79. The van der Waals surface area contributed by atoms with E-state index in [0.29, 0.717) is 24.4 Å². The zero-order valence-corrected chi connectivity index (χ0v) is 12.8. The van der Waals surface area contributed by atoms with Crippen molar-refractivity contribution in [3.05, 3.63) is 36.0 Å². The minimum Gasteiger partial charge on any atom is -0.365 e. The van der Waals surface area contributed by atoms with Gasteiger partial charge in [0.1, 0.15) is 11.4 Å². The quantitative estimate of drug-likeness (QED) is 0.936. The molecule has 1 atom stereocenters. The van der Waals surface area contributed by atoms with E-state index in [9.17, 15) is 9.18 Å². The van der Waals surface area contributed by atoms with Crippen molar-refractivity contribution >= 4 is 5.91 Å². The van der Waals surface area contributed by atoms with Crippen molar-refractivity contribution in [1.29, 1.82) is 0 Å². The van der Waals surface area contributed by atoms with Crippen molar-refractivity contribution in [1.82, 2.24) is 15.5 Å². The first-order valence-corrected chi connectivity index (χ1v) is 7.58. The molecule has 0 aliphatic carbocycles. The molecule has 1 aliphatic rings. The van der Waals surface area contributed by atoms with Gasteiger partial charge in [-0.1, -0.05) is 5.16 Å². The molecule has 3 rings (SSSR count). The lowest BCUT2D eigenvalue weighted by Gasteiger charge is -2.32. The number of nitrogens with one attached hydrogen (secondary N) is 1. The van der Waals surface area contributed by atoms with Crippen LogP contribution in [0.3, 0.4) is 0 Å². The van der Waals surface area contributed by atoms with Crippen LogP contribution < -0.4 is 5.32 Å². The lowest BCUT2D eigenvalue weighted by Crippen LogP contribution is -2.48. The molecule has 7 heteroatoms. The van der Waals surface area contributed by atoms with Crippen LogP contribution in [0.15, 0.2) is 28.8 Å². The summed E-state index contributed by atoms with van der Waals surface area (Å²) in [4.78, 5) is 16.4. The summed E-state index contributed by atoms with van der Waals surface area (Å²) < 4.78 is 23.6. The first-order valence-electron chi connectivity index (χ1n) is 7.58. The van der Waals surface area contributed by atoms with E-state index < -0.39 is 5.60 Å². The maximum Gasteiger partial charge on any atom is 0.252 e. The van der Waals surface area contributed by atoms with E-state index in [1.807, 2.05) is 0 Å². The fourth-order valence-corrected chi connectivity index (χ4v) is 2.50. The highest BCUT2D eigenvalue weighted by atomic mass is 19.1. The lowest BCUT2D eigenvalue weighted by atomic mass is 9.95. The van der Waals surface area contributed by atoms with Crippen molar-refractivity contribution < 1.29 is 18.4 Å². The third-order valence-corrected chi connectivity index (χ3v) is 3.92. The minimum atomic E-state index is -0.794. The van der Waals surface area contributed by atoms with Crippen LogP contribution in [0.1, 0.15) is 32.1 Å². The normalized spacial score (nSPS) is 21.1. The predicted octanol–water partition coefficient (Wildman–Crippen LogP) is 2.45. The Morgan fingerprint density at radius 2 is 2.13 bits per heavy atom. The number of rotatable bonds is 4. The predicted molar refractivity (Wildman–Crippen MR) is 79.7 cm³/mol. The molecule has 1 saturated heterocycles. The van der Waals surface area contributed by atoms with Crippen molar-refractivity contribution in [2.45, 2.75) is 38.3 Å². The highest BCUT2D eigenvalue weighted by Crippen LogP contribution is 2.24. The Morgan fingerprint density at radius 1 is 1.35 bits per heavy atom. The fraction of sp³-hybridized carbons (Fsp3) is 0.438. The number of hydrogen-bond donors (Lipinski definition) is 1. The van der Waals surface area contributed by atoms with E-state index in [1.165, 1.54) is 12.1 Å². The first-order chi connectivity index (χ1) is 11.1. The van der Waals surface area contributed by atoms with Crippen LogP contribution in [-0.4, -0.2) is 28.3 Å². The third kappa shape index (κ3) is 3.56. The van der Waals surface area contributed by atoms with E-state index in [0.717, 1.165) is 12.8 Å². The van der Waals surface area contributed by atoms with Crippen LogP contribution in [0.2, 0.25) is 0 Å². The van der Waals surface area contributed by atoms with Crippen molar-refractivity contribution in [2.24, 2.45) is 0 Å². The highest BCUT2D eigenvalue weighted by Gasteiger charge is 2.35. The Bertz CT molecular complexity index is 678. The lowest BCUT2D eigenvalue weighted by molar-refractivity contribution is -0.150. The van der Waals surface area contributed by atoms with Gasteiger partial charge in [-0.25, -0.2) is 4.39 Å². The number of aromatic nitrogens is 2. The Labute approximate surface area is 133 Å². The fourth-order valence-electron chi connectivity index (χ4n) is 2.50. The van der Waals surface area contributed by atoms with Gasteiger partial charge in [-0.15, -0.1) is 0 Å². The van der Waals surface area contributed by atoms with Gasteiger partial charge in [0.15, 0.2) is 0 Å². The topological polar surface area (TPSA) is 77.3 Å². The summed E-state index contributed by atoms with van der Waals surface area (Å²) in [5.74, 6) is 0.135. The number of carbonyl (C=O) groups excluding carboxylic acids is 1. The summed E-state index contributed by atoms with van der Waals surface area (Å²) >= 11 is 0. The number of benzene rings is 1. The number of amides is 1. The second-order valence-electron chi connectivity index (χ2n) is 5.74. The summed E-state index contributed by atoms with van der Waals surface area (Å²) in [5, 5.41) is 6.60. The molecule has 1 aliphatic heterocycles. The van der Waals surface area contributed by atoms with E-state index in [1.54, 1.807) is 19.1 Å². The van der Waals surface area contributed by atoms with Gasteiger partial charge in [0.2, 0.25) is 11.7 Å². The second-order valence-corrected chi connectivity index (χ2v) is 5.74. The molecule has 1 amide bonds. The van der Waals surface area contributed by atoms with E-state index in [4.69, 9.17) is 9.26 Å². The summed E-state index contributed by atoms with van der Waals surface area (Å²) in [7, 11) is 0. The molecule has 23 heavy (non-hydrogen) atoms. The van der Waals surface area contributed by atoms with Gasteiger partial charge in [-0.2, -0.15) is 4.98 Å². The zero-order chi connectivity index (χ0) is 16.3. The second kappa shape index (κ2) is 6.45. The molecule has 122 valence electrons. The number of carbonyl (C=O) groups is 1. The molecule has 0 bridgehead atoms. The van der Waals surface area contributed by atoms with Crippen LogP contribution in [0.25, 0.3) is 11.4 Å². The summed E-state index contributed by atoms with van der Waals surface area (Å²) in [6.45, 7) is 2.52.